The van der Waals surface area contributed by atoms with Crippen LogP contribution in [0, 0.1) is 0 Å². The number of hydrogen-bond acceptors (Lipinski definition) is 2. The Morgan fingerprint density at radius 2 is 1.77 bits per heavy atom. The van der Waals surface area contributed by atoms with E-state index in [4.69, 9.17) is 5.11 Å². The van der Waals surface area contributed by atoms with Crippen molar-refractivity contribution in [3.63, 3.8) is 0 Å². The fourth-order valence-electron chi connectivity index (χ4n) is 1.02. The van der Waals surface area contributed by atoms with Crippen LogP contribution in [0.2, 0.25) is 0 Å². The van der Waals surface area contributed by atoms with Crippen LogP contribution in [-0.2, 0) is 6.54 Å². The third-order valence-corrected chi connectivity index (χ3v) is 2.46. The van der Waals surface area contributed by atoms with Crippen LogP contribution in [0.25, 0.3) is 0 Å². The minimum atomic E-state index is 0.176. The molecule has 4 heteroatoms. The third-order valence-electron chi connectivity index (χ3n) is 1.54. The largest absolute Gasteiger partial charge is 0.395 e. The molecule has 0 radical (unpaired) electrons. The lowest BCUT2D eigenvalue weighted by molar-refractivity contribution is 0.292. The Labute approximate surface area is 94.6 Å². The van der Waals surface area contributed by atoms with E-state index in [0.29, 0.717) is 6.54 Å². The lowest BCUT2D eigenvalue weighted by Gasteiger charge is -2.04. The summed E-state index contributed by atoms with van der Waals surface area (Å²) in [5, 5.41) is 11.7. The van der Waals surface area contributed by atoms with Crippen molar-refractivity contribution in [3.05, 3.63) is 32.7 Å². The van der Waals surface area contributed by atoms with Crippen molar-refractivity contribution in [2.75, 3.05) is 13.2 Å². The molecule has 1 rings (SSSR count). The Balaban J connectivity index is 2.56. The van der Waals surface area contributed by atoms with Crippen molar-refractivity contribution < 1.29 is 5.11 Å². The molecule has 2 nitrogen and oxygen atoms in total. The fraction of sp³-hybridized carbons (Fsp3) is 0.333. The first-order valence-corrected chi connectivity index (χ1v) is 5.57. The summed E-state index contributed by atoms with van der Waals surface area (Å²) in [6.45, 7) is 1.58. The van der Waals surface area contributed by atoms with Crippen LogP contribution in [0.3, 0.4) is 0 Å². The standard InChI is InChI=1S/C9H11Br2NO/c10-8-3-7(4-9(11)5-8)6-12-1-2-13/h3-5,12-13H,1-2,6H2. The van der Waals surface area contributed by atoms with Gasteiger partial charge in [-0.2, -0.15) is 0 Å². The van der Waals surface area contributed by atoms with E-state index in [1.165, 1.54) is 5.56 Å². The molecule has 2 N–H and O–H groups in total. The van der Waals surface area contributed by atoms with Gasteiger partial charge < -0.3 is 10.4 Å². The van der Waals surface area contributed by atoms with Gasteiger partial charge in [-0.1, -0.05) is 31.9 Å². The Morgan fingerprint density at radius 1 is 1.15 bits per heavy atom. The van der Waals surface area contributed by atoms with E-state index in [9.17, 15) is 0 Å². The maximum Gasteiger partial charge on any atom is 0.0556 e. The van der Waals surface area contributed by atoms with Crippen LogP contribution in [0.4, 0.5) is 0 Å². The van der Waals surface area contributed by atoms with Crippen LogP contribution in [-0.4, -0.2) is 18.3 Å². The van der Waals surface area contributed by atoms with Crippen molar-refractivity contribution in [3.8, 4) is 0 Å². The molecule has 0 fully saturated rings. The molecular formula is C9H11Br2NO. The van der Waals surface area contributed by atoms with E-state index < -0.39 is 0 Å². The normalized spacial score (nSPS) is 10.4. The molecule has 0 atom stereocenters. The Hall–Kier alpha value is 0.1000. The number of aliphatic hydroxyl groups is 1. The molecule has 0 aliphatic heterocycles. The van der Waals surface area contributed by atoms with E-state index in [0.717, 1.165) is 15.5 Å². The summed E-state index contributed by atoms with van der Waals surface area (Å²) in [4.78, 5) is 0. The van der Waals surface area contributed by atoms with E-state index >= 15 is 0 Å². The quantitative estimate of drug-likeness (QED) is 0.837. The zero-order valence-corrected chi connectivity index (χ0v) is 10.2. The summed E-state index contributed by atoms with van der Waals surface area (Å²) in [7, 11) is 0. The summed E-state index contributed by atoms with van der Waals surface area (Å²) < 4.78 is 2.12. The predicted octanol–water partition coefficient (Wildman–Crippen LogP) is 2.29. The molecule has 0 unspecified atom stereocenters. The average molecular weight is 309 g/mol. The topological polar surface area (TPSA) is 32.3 Å². The highest BCUT2D eigenvalue weighted by Gasteiger charge is 1.96. The summed E-state index contributed by atoms with van der Waals surface area (Å²) in [5.41, 5.74) is 1.19. The number of halogens is 2. The van der Waals surface area contributed by atoms with Gasteiger partial charge in [0.05, 0.1) is 6.61 Å². The first kappa shape index (κ1) is 11.2. The number of aliphatic hydroxyl groups excluding tert-OH is 1. The molecule has 0 heterocycles. The van der Waals surface area contributed by atoms with Gasteiger partial charge in [0, 0.05) is 22.0 Å². The molecule has 1 aromatic rings. The first-order chi connectivity index (χ1) is 6.22. The Kier molecular flexibility index (Phi) is 4.94. The molecule has 0 bridgehead atoms. The maximum atomic E-state index is 8.57. The second-order valence-corrected chi connectivity index (χ2v) is 4.51. The van der Waals surface area contributed by atoms with Crippen molar-refractivity contribution in [2.45, 2.75) is 6.54 Å². The van der Waals surface area contributed by atoms with Crippen LogP contribution in [0.1, 0.15) is 5.56 Å². The molecule has 0 aliphatic carbocycles. The van der Waals surface area contributed by atoms with Gasteiger partial charge >= 0.3 is 0 Å². The van der Waals surface area contributed by atoms with Crippen LogP contribution >= 0.6 is 31.9 Å². The van der Waals surface area contributed by atoms with Gasteiger partial charge in [-0.05, 0) is 23.8 Å². The molecule has 13 heavy (non-hydrogen) atoms. The highest BCUT2D eigenvalue weighted by molar-refractivity contribution is 9.11. The molecule has 0 spiro atoms. The molecule has 0 saturated heterocycles. The van der Waals surface area contributed by atoms with Crippen molar-refractivity contribution in [1.82, 2.24) is 5.32 Å². The van der Waals surface area contributed by atoms with Crippen LogP contribution in [0.15, 0.2) is 27.1 Å². The van der Waals surface area contributed by atoms with Crippen molar-refractivity contribution >= 4 is 31.9 Å². The Bertz CT molecular complexity index is 258. The maximum absolute atomic E-state index is 8.57. The number of nitrogens with one attached hydrogen (secondary N) is 1. The molecule has 0 saturated carbocycles. The van der Waals surface area contributed by atoms with Crippen molar-refractivity contribution in [1.29, 1.82) is 0 Å². The highest BCUT2D eigenvalue weighted by Crippen LogP contribution is 2.19. The van der Waals surface area contributed by atoms with Gasteiger partial charge in [0.2, 0.25) is 0 Å². The molecule has 1 aromatic carbocycles. The lowest BCUT2D eigenvalue weighted by Crippen LogP contribution is -2.17. The highest BCUT2D eigenvalue weighted by atomic mass is 79.9. The second kappa shape index (κ2) is 5.75. The minimum absolute atomic E-state index is 0.176. The van der Waals surface area contributed by atoms with E-state index in [1.807, 2.05) is 6.07 Å². The van der Waals surface area contributed by atoms with E-state index in [-0.39, 0.29) is 6.61 Å². The predicted molar refractivity (Wildman–Crippen MR) is 60.6 cm³/mol. The minimum Gasteiger partial charge on any atom is -0.395 e. The van der Waals surface area contributed by atoms with Gasteiger partial charge in [0.25, 0.3) is 0 Å². The third kappa shape index (κ3) is 4.22. The monoisotopic (exact) mass is 307 g/mol. The Morgan fingerprint density at radius 3 is 2.31 bits per heavy atom. The molecular weight excluding hydrogens is 298 g/mol. The smallest absolute Gasteiger partial charge is 0.0556 e. The number of hydrogen-bond donors (Lipinski definition) is 2. The molecule has 0 amide bonds. The zero-order valence-electron chi connectivity index (χ0n) is 7.06. The van der Waals surface area contributed by atoms with Gasteiger partial charge in [0.1, 0.15) is 0 Å². The molecule has 72 valence electrons. The van der Waals surface area contributed by atoms with Gasteiger partial charge in [0.15, 0.2) is 0 Å². The number of rotatable bonds is 4. The second-order valence-electron chi connectivity index (χ2n) is 2.68. The SMILES string of the molecule is OCCNCc1cc(Br)cc(Br)c1. The fourth-order valence-corrected chi connectivity index (χ4v) is 2.41. The molecule has 0 aliphatic rings. The van der Waals surface area contributed by atoms with Crippen LogP contribution in [0.5, 0.6) is 0 Å². The summed E-state index contributed by atoms with van der Waals surface area (Å²) >= 11 is 6.83. The van der Waals surface area contributed by atoms with Gasteiger partial charge in [-0.25, -0.2) is 0 Å². The summed E-state index contributed by atoms with van der Waals surface area (Å²) in [5.74, 6) is 0. The lowest BCUT2D eigenvalue weighted by atomic mass is 10.2. The number of benzene rings is 1. The van der Waals surface area contributed by atoms with E-state index in [1.54, 1.807) is 0 Å². The summed E-state index contributed by atoms with van der Waals surface area (Å²) in [6.07, 6.45) is 0. The average Bonchev–Trinajstić information content (AvgIpc) is 2.03. The van der Waals surface area contributed by atoms with Crippen LogP contribution < -0.4 is 5.32 Å². The van der Waals surface area contributed by atoms with Gasteiger partial charge in [-0.3, -0.25) is 0 Å². The molecule has 0 aromatic heterocycles. The van der Waals surface area contributed by atoms with Crippen molar-refractivity contribution in [2.24, 2.45) is 0 Å². The summed E-state index contributed by atoms with van der Waals surface area (Å²) in [6, 6.07) is 6.10. The van der Waals surface area contributed by atoms with Gasteiger partial charge in [-0.15, -0.1) is 0 Å². The first-order valence-electron chi connectivity index (χ1n) is 3.99. The zero-order chi connectivity index (χ0) is 9.68. The van der Waals surface area contributed by atoms with E-state index in [2.05, 4.69) is 49.3 Å².